The Hall–Kier alpha value is -3.80. The zero-order chi connectivity index (χ0) is 26.0. The fourth-order valence-electron chi connectivity index (χ4n) is 4.16. The maximum atomic E-state index is 15.1. The Morgan fingerprint density at radius 3 is 2.28 bits per heavy atom. The summed E-state index contributed by atoms with van der Waals surface area (Å²) in [5, 5.41) is 0.304. The maximum Gasteiger partial charge on any atom is 0.263 e. The minimum atomic E-state index is -2.56. The molecule has 1 aliphatic heterocycles. The van der Waals surface area contributed by atoms with Crippen LogP contribution < -0.4 is 25.8 Å². The fourth-order valence-corrected chi connectivity index (χ4v) is 4.16. The third kappa shape index (κ3) is 4.94. The van der Waals surface area contributed by atoms with Crippen molar-refractivity contribution in [1.82, 2.24) is 14.9 Å². The van der Waals surface area contributed by atoms with Crippen LogP contribution in [0.5, 0.6) is 11.5 Å². The van der Waals surface area contributed by atoms with E-state index in [1.807, 2.05) is 4.90 Å². The van der Waals surface area contributed by atoms with Gasteiger partial charge in [0.2, 0.25) is 11.9 Å². The molecular weight excluding hydrogens is 477 g/mol. The number of hydrogen-bond acceptors (Lipinski definition) is 8. The summed E-state index contributed by atoms with van der Waals surface area (Å²) >= 11 is 0. The molecule has 0 bridgehead atoms. The van der Waals surface area contributed by atoms with Crippen LogP contribution in [0.1, 0.15) is 30.0 Å². The van der Waals surface area contributed by atoms with Gasteiger partial charge in [0.25, 0.3) is 6.43 Å². The summed E-state index contributed by atoms with van der Waals surface area (Å²) < 4.78 is 50.8. The molecule has 192 valence electrons. The molecule has 1 amide bonds. The quantitative estimate of drug-likeness (QED) is 0.504. The predicted molar refractivity (Wildman–Crippen MR) is 129 cm³/mol. The Morgan fingerprint density at radius 1 is 1.06 bits per heavy atom. The van der Waals surface area contributed by atoms with Gasteiger partial charge in [-0.3, -0.25) is 4.79 Å². The van der Waals surface area contributed by atoms with E-state index in [1.54, 1.807) is 4.90 Å². The highest BCUT2D eigenvalue weighted by molar-refractivity contribution is 5.92. The first-order valence-corrected chi connectivity index (χ1v) is 11.3. The number of alkyl halides is 2. The number of carbonyl (C=O) groups is 1. The monoisotopic (exact) mass is 504 g/mol. The summed E-state index contributed by atoms with van der Waals surface area (Å²) in [7, 11) is 2.73. The van der Waals surface area contributed by atoms with Gasteiger partial charge in [-0.1, -0.05) is 24.3 Å². The molecule has 1 saturated heterocycles. The summed E-state index contributed by atoms with van der Waals surface area (Å²) in [6.45, 7) is 1.57. The highest BCUT2D eigenvalue weighted by Gasteiger charge is 2.26. The summed E-state index contributed by atoms with van der Waals surface area (Å²) in [6, 6.07) is 6.57. The highest BCUT2D eigenvalue weighted by atomic mass is 19.3. The van der Waals surface area contributed by atoms with Gasteiger partial charge in [0.15, 0.2) is 17.3 Å². The van der Waals surface area contributed by atoms with Gasteiger partial charge in [-0.25, -0.2) is 18.2 Å². The minimum absolute atomic E-state index is 0.0116. The van der Waals surface area contributed by atoms with E-state index in [4.69, 9.17) is 20.9 Å². The number of nitrogen functional groups attached to an aromatic ring is 1. The van der Waals surface area contributed by atoms with E-state index in [0.29, 0.717) is 37.1 Å². The molecular formula is C24H27F3N6O3. The molecule has 1 atom stereocenters. The Labute approximate surface area is 205 Å². The molecule has 1 aromatic heterocycles. The predicted octanol–water partition coefficient (Wildman–Crippen LogP) is 3.04. The zero-order valence-electron chi connectivity index (χ0n) is 19.9. The van der Waals surface area contributed by atoms with Crippen LogP contribution >= 0.6 is 0 Å². The Bertz CT molecular complexity index is 1250. The van der Waals surface area contributed by atoms with Gasteiger partial charge in [0, 0.05) is 49.6 Å². The van der Waals surface area contributed by atoms with Gasteiger partial charge < -0.3 is 30.7 Å². The number of anilines is 2. The van der Waals surface area contributed by atoms with E-state index in [2.05, 4.69) is 9.97 Å². The number of nitrogens with zero attached hydrogens (tertiary/aromatic N) is 4. The number of halogens is 3. The molecule has 0 unspecified atom stereocenters. The minimum Gasteiger partial charge on any atom is -0.493 e. The van der Waals surface area contributed by atoms with Crippen molar-refractivity contribution in [3.05, 3.63) is 47.3 Å². The molecule has 12 heteroatoms. The molecule has 2 aromatic carbocycles. The van der Waals surface area contributed by atoms with Crippen LogP contribution in [0.2, 0.25) is 0 Å². The van der Waals surface area contributed by atoms with Crippen LogP contribution in [0.25, 0.3) is 10.9 Å². The second-order valence-electron chi connectivity index (χ2n) is 8.38. The number of ether oxygens (including phenoxy) is 2. The van der Waals surface area contributed by atoms with Crippen molar-refractivity contribution in [2.45, 2.75) is 18.9 Å². The molecule has 0 spiro atoms. The lowest BCUT2D eigenvalue weighted by molar-refractivity contribution is -0.131. The van der Waals surface area contributed by atoms with Crippen LogP contribution in [-0.2, 0) is 4.79 Å². The number of benzene rings is 2. The van der Waals surface area contributed by atoms with E-state index in [-0.39, 0.29) is 46.7 Å². The standard InChI is InChI=1S/C24H27F3N6O3/c1-35-17-11-15-20(19(25)21(17)36-2)30-24(31-23(15)29)33-9-7-32(8-10-33)18(34)12-16(28)13-3-5-14(6-4-13)22(26)27/h3-6,11,16,22H,7-10,12,28H2,1-2H3,(H2,29,30,31)/t16-/m1/s1. The largest absolute Gasteiger partial charge is 0.493 e. The molecule has 2 heterocycles. The topological polar surface area (TPSA) is 120 Å². The zero-order valence-corrected chi connectivity index (χ0v) is 19.9. The smallest absolute Gasteiger partial charge is 0.263 e. The van der Waals surface area contributed by atoms with Crippen LogP contribution in [0.3, 0.4) is 0 Å². The molecule has 0 aliphatic carbocycles. The first-order chi connectivity index (χ1) is 17.2. The van der Waals surface area contributed by atoms with E-state index >= 15 is 4.39 Å². The number of hydrogen-bond donors (Lipinski definition) is 2. The number of carbonyl (C=O) groups excluding carboxylic acids is 1. The van der Waals surface area contributed by atoms with E-state index in [1.165, 1.54) is 44.6 Å². The molecule has 0 saturated carbocycles. The van der Waals surface area contributed by atoms with Crippen LogP contribution in [0.15, 0.2) is 30.3 Å². The van der Waals surface area contributed by atoms with Crippen molar-refractivity contribution in [1.29, 1.82) is 0 Å². The summed E-state index contributed by atoms with van der Waals surface area (Å²) in [4.78, 5) is 25.0. The molecule has 0 radical (unpaired) electrons. The lowest BCUT2D eigenvalue weighted by Gasteiger charge is -2.35. The average Bonchev–Trinajstić information content (AvgIpc) is 2.88. The van der Waals surface area contributed by atoms with Crippen LogP contribution in [0, 0.1) is 5.82 Å². The molecule has 4 N–H and O–H groups in total. The van der Waals surface area contributed by atoms with Crippen molar-refractivity contribution in [3.63, 3.8) is 0 Å². The molecule has 1 fully saturated rings. The van der Waals surface area contributed by atoms with Gasteiger partial charge in [-0.15, -0.1) is 0 Å². The Morgan fingerprint density at radius 2 is 1.69 bits per heavy atom. The molecule has 4 rings (SSSR count). The number of aromatic nitrogens is 2. The lowest BCUT2D eigenvalue weighted by Crippen LogP contribution is -2.49. The fraction of sp³-hybridized carbons (Fsp3) is 0.375. The number of nitrogens with two attached hydrogens (primary N) is 2. The third-order valence-electron chi connectivity index (χ3n) is 6.22. The number of amides is 1. The highest BCUT2D eigenvalue weighted by Crippen LogP contribution is 2.37. The van der Waals surface area contributed by atoms with Crippen molar-refractivity contribution >= 4 is 28.6 Å². The maximum absolute atomic E-state index is 15.1. The van der Waals surface area contributed by atoms with Gasteiger partial charge in [-0.2, -0.15) is 4.98 Å². The Kier molecular flexibility index (Phi) is 7.34. The molecule has 1 aliphatic rings. The normalized spacial score (nSPS) is 14.9. The number of piperazine rings is 1. The van der Waals surface area contributed by atoms with E-state index < -0.39 is 18.3 Å². The number of rotatable bonds is 7. The van der Waals surface area contributed by atoms with Crippen molar-refractivity contribution in [3.8, 4) is 11.5 Å². The van der Waals surface area contributed by atoms with Gasteiger partial charge >= 0.3 is 0 Å². The first kappa shape index (κ1) is 25.3. The average molecular weight is 505 g/mol. The van der Waals surface area contributed by atoms with Crippen LogP contribution in [-0.4, -0.2) is 61.2 Å². The van der Waals surface area contributed by atoms with Crippen molar-refractivity contribution in [2.75, 3.05) is 51.0 Å². The molecule has 3 aromatic rings. The van der Waals surface area contributed by atoms with Gasteiger partial charge in [0.1, 0.15) is 11.3 Å². The number of fused-ring (bicyclic) bond motifs is 1. The van der Waals surface area contributed by atoms with Gasteiger partial charge in [0.05, 0.1) is 14.2 Å². The second-order valence-corrected chi connectivity index (χ2v) is 8.38. The van der Waals surface area contributed by atoms with Crippen LogP contribution in [0.4, 0.5) is 24.9 Å². The second kappa shape index (κ2) is 10.4. The first-order valence-electron chi connectivity index (χ1n) is 11.3. The summed E-state index contributed by atoms with van der Waals surface area (Å²) in [5.74, 6) is -0.412. The van der Waals surface area contributed by atoms with E-state index in [9.17, 15) is 13.6 Å². The summed E-state index contributed by atoms with van der Waals surface area (Å²) in [5.41, 5.74) is 12.8. The molecule has 9 nitrogen and oxygen atoms in total. The van der Waals surface area contributed by atoms with Crippen molar-refractivity contribution in [2.24, 2.45) is 5.73 Å². The molecule has 36 heavy (non-hydrogen) atoms. The SMILES string of the molecule is COc1cc2c(N)nc(N3CCN(C(=O)C[C@@H](N)c4ccc(C(F)F)cc4)CC3)nc2c(F)c1OC. The van der Waals surface area contributed by atoms with Gasteiger partial charge in [-0.05, 0) is 11.6 Å². The third-order valence-corrected chi connectivity index (χ3v) is 6.22. The summed E-state index contributed by atoms with van der Waals surface area (Å²) in [6.07, 6.45) is -2.52. The van der Waals surface area contributed by atoms with Crippen molar-refractivity contribution < 1.29 is 27.4 Å². The Balaban J connectivity index is 1.43. The lowest BCUT2D eigenvalue weighted by atomic mass is 10.0. The number of methoxy groups -OCH3 is 2. The van der Waals surface area contributed by atoms with E-state index in [0.717, 1.165) is 0 Å².